The van der Waals surface area contributed by atoms with Gasteiger partial charge in [-0.2, -0.15) is 0 Å². The number of nitrogens with zero attached hydrogens (tertiary/aromatic N) is 1. The molecule has 0 unspecified atom stereocenters. The van der Waals surface area contributed by atoms with E-state index in [1.165, 1.54) is 12.1 Å². The van der Waals surface area contributed by atoms with Gasteiger partial charge in [0.05, 0.1) is 17.7 Å². The first-order valence-electron chi connectivity index (χ1n) is 13.5. The second kappa shape index (κ2) is 14.3. The second-order valence-electron chi connectivity index (χ2n) is 9.04. The number of carbonyl (C=O) groups excluding carboxylic acids is 2. The normalized spacial score (nSPS) is 13.7. The van der Waals surface area contributed by atoms with Crippen molar-refractivity contribution in [3.05, 3.63) is 59.4 Å². The minimum atomic E-state index is -3.48. The number of carbonyl (C=O) groups is 2. The number of halogens is 1. The first-order valence-corrected chi connectivity index (χ1v) is 17.0. The Hall–Kier alpha value is -2.59. The van der Waals surface area contributed by atoms with Gasteiger partial charge in [0, 0.05) is 44.5 Å². The van der Waals surface area contributed by atoms with Crippen LogP contribution < -0.4 is 30.4 Å². The number of ether oxygens (including phenoxy) is 1. The molecule has 1 aliphatic heterocycles. The predicted octanol–water partition coefficient (Wildman–Crippen LogP) is 4.41. The Morgan fingerprint density at radius 1 is 0.825 bits per heavy atom. The van der Waals surface area contributed by atoms with Crippen molar-refractivity contribution in [2.24, 2.45) is 0 Å². The minimum absolute atomic E-state index is 0.0208. The molecule has 0 aromatic heterocycles. The lowest BCUT2D eigenvalue weighted by Gasteiger charge is -2.36. The predicted molar refractivity (Wildman–Crippen MR) is 156 cm³/mol. The maximum atomic E-state index is 15.0. The highest BCUT2D eigenvalue weighted by Crippen LogP contribution is 2.59. The molecule has 2 aromatic carbocycles. The van der Waals surface area contributed by atoms with E-state index < -0.39 is 26.2 Å². The van der Waals surface area contributed by atoms with Crippen molar-refractivity contribution in [2.75, 3.05) is 44.6 Å². The van der Waals surface area contributed by atoms with Crippen molar-refractivity contribution < 1.29 is 27.8 Å². The van der Waals surface area contributed by atoms with Crippen molar-refractivity contribution in [3.8, 4) is 5.75 Å². The molecule has 0 saturated carbocycles. The standard InChI is InChI=1S/C26H39FN6O5P2/c1-5-28-39(36,29-6-2)26(40(37,30-7-3)31-8-4)32-19-14-15-23(22(27)18-19)38-17-11-16-33-24(34)20-12-9-10-13-21(20)25(33)35/h9-10,12-15,18,26,32H,5-8,11,16-17H2,1-4H3,(H2,28,29,36)(H2,30,31,37). The highest BCUT2D eigenvalue weighted by Gasteiger charge is 2.45. The van der Waals surface area contributed by atoms with E-state index in [4.69, 9.17) is 4.74 Å². The van der Waals surface area contributed by atoms with Gasteiger partial charge in [-0.05, 0) is 30.7 Å². The molecule has 2 aromatic rings. The number of imide groups is 1. The van der Waals surface area contributed by atoms with Crippen molar-refractivity contribution in [1.29, 1.82) is 0 Å². The molecule has 14 heteroatoms. The number of hydrogen-bond donors (Lipinski definition) is 5. The molecular formula is C26H39FN6O5P2. The van der Waals surface area contributed by atoms with Crippen LogP contribution in [0.5, 0.6) is 5.75 Å². The zero-order chi connectivity index (χ0) is 29.3. The van der Waals surface area contributed by atoms with Crippen molar-refractivity contribution >= 4 is 32.4 Å². The minimum Gasteiger partial charge on any atom is -0.490 e. The number of benzene rings is 2. The second-order valence-corrected chi connectivity index (χ2v) is 14.4. The van der Waals surface area contributed by atoms with Gasteiger partial charge in [0.15, 0.2) is 17.1 Å². The largest absolute Gasteiger partial charge is 0.490 e. The molecule has 3 rings (SSSR count). The number of fused-ring (bicyclic) bond motifs is 1. The van der Waals surface area contributed by atoms with Crippen LogP contribution in [-0.4, -0.2) is 61.6 Å². The zero-order valence-corrected chi connectivity index (χ0v) is 25.1. The molecule has 1 aliphatic rings. The molecule has 11 nitrogen and oxygen atoms in total. The van der Waals surface area contributed by atoms with E-state index in [1.54, 1.807) is 58.0 Å². The van der Waals surface area contributed by atoms with Gasteiger partial charge in [0.1, 0.15) is 0 Å². The van der Waals surface area contributed by atoms with E-state index >= 15 is 4.39 Å². The maximum absolute atomic E-state index is 15.0. The zero-order valence-electron chi connectivity index (χ0n) is 23.3. The first-order chi connectivity index (χ1) is 19.1. The fourth-order valence-electron chi connectivity index (χ4n) is 4.51. The molecule has 2 amide bonds. The van der Waals surface area contributed by atoms with Gasteiger partial charge in [0.2, 0.25) is 14.9 Å². The summed E-state index contributed by atoms with van der Waals surface area (Å²) in [6, 6.07) is 10.8. The van der Waals surface area contributed by atoms with Crippen molar-refractivity contribution in [1.82, 2.24) is 25.2 Å². The Bertz CT molecular complexity index is 1210. The van der Waals surface area contributed by atoms with Crippen LogP contribution in [0.3, 0.4) is 0 Å². The fraction of sp³-hybridized carbons (Fsp3) is 0.462. The average Bonchev–Trinajstić information content (AvgIpc) is 3.16. The van der Waals surface area contributed by atoms with Gasteiger partial charge in [-0.15, -0.1) is 0 Å². The summed E-state index contributed by atoms with van der Waals surface area (Å²) in [5, 5.41) is 14.9. The summed E-state index contributed by atoms with van der Waals surface area (Å²) in [4.78, 5) is 26.2. The smallest absolute Gasteiger partial charge is 0.261 e. The average molecular weight is 597 g/mol. The Morgan fingerprint density at radius 2 is 1.32 bits per heavy atom. The third-order valence-electron chi connectivity index (χ3n) is 6.15. The van der Waals surface area contributed by atoms with Crippen LogP contribution in [0.25, 0.3) is 0 Å². The van der Waals surface area contributed by atoms with Crippen LogP contribution in [0, 0.1) is 5.82 Å². The van der Waals surface area contributed by atoms with Gasteiger partial charge in [-0.25, -0.2) is 4.39 Å². The molecule has 0 atom stereocenters. The Balaban J connectivity index is 1.70. The molecule has 1 heterocycles. The quantitative estimate of drug-likeness (QED) is 0.101. The van der Waals surface area contributed by atoms with E-state index in [2.05, 4.69) is 25.7 Å². The topological polar surface area (TPSA) is 141 Å². The van der Waals surface area contributed by atoms with Crippen LogP contribution in [0.1, 0.15) is 54.8 Å². The van der Waals surface area contributed by atoms with Gasteiger partial charge >= 0.3 is 0 Å². The van der Waals surface area contributed by atoms with Crippen LogP contribution >= 0.6 is 14.9 Å². The third-order valence-corrected chi connectivity index (χ3v) is 12.9. The highest BCUT2D eigenvalue weighted by atomic mass is 31.2. The van der Waals surface area contributed by atoms with Crippen LogP contribution in [0.4, 0.5) is 10.1 Å². The summed E-state index contributed by atoms with van der Waals surface area (Å²) in [6.07, 6.45) is 0.316. The summed E-state index contributed by atoms with van der Waals surface area (Å²) >= 11 is 0. The maximum Gasteiger partial charge on any atom is 0.261 e. The monoisotopic (exact) mass is 596 g/mol. The Kier molecular flexibility index (Phi) is 11.5. The van der Waals surface area contributed by atoms with Gasteiger partial charge in [-0.1, -0.05) is 39.8 Å². The lowest BCUT2D eigenvalue weighted by Crippen LogP contribution is -2.41. The number of hydrogen-bond acceptors (Lipinski definition) is 6. The molecule has 0 saturated heterocycles. The number of anilines is 1. The molecule has 40 heavy (non-hydrogen) atoms. The van der Waals surface area contributed by atoms with E-state index in [9.17, 15) is 18.7 Å². The Morgan fingerprint density at radius 3 is 1.77 bits per heavy atom. The van der Waals surface area contributed by atoms with Crippen molar-refractivity contribution in [3.63, 3.8) is 0 Å². The molecule has 220 valence electrons. The van der Waals surface area contributed by atoms with Crippen molar-refractivity contribution in [2.45, 2.75) is 39.6 Å². The number of rotatable bonds is 17. The molecule has 5 N–H and O–H groups in total. The highest BCUT2D eigenvalue weighted by molar-refractivity contribution is 7.78. The molecule has 0 bridgehead atoms. The van der Waals surface area contributed by atoms with Crippen LogP contribution in [0.15, 0.2) is 42.5 Å². The first kappa shape index (κ1) is 31.9. The molecule has 0 radical (unpaired) electrons. The van der Waals surface area contributed by atoms with Gasteiger partial charge in [0.25, 0.3) is 11.8 Å². The lowest BCUT2D eigenvalue weighted by atomic mass is 10.1. The number of amides is 2. The van der Waals surface area contributed by atoms with E-state index in [0.717, 1.165) is 4.90 Å². The summed E-state index contributed by atoms with van der Waals surface area (Å²) in [7, 11) is -6.96. The lowest BCUT2D eigenvalue weighted by molar-refractivity contribution is 0.0646. The molecule has 0 aliphatic carbocycles. The van der Waals surface area contributed by atoms with E-state index in [1.807, 2.05) is 0 Å². The van der Waals surface area contributed by atoms with Gasteiger partial charge < -0.3 is 10.1 Å². The summed E-state index contributed by atoms with van der Waals surface area (Å²) in [5.74, 6) is -1.39. The SMILES string of the molecule is CCNP(=O)(NCC)C(Nc1ccc(OCCCN2C(=O)c3ccccc3C2=O)c(F)c1)P(=O)(NCC)NCC. The molecule has 0 spiro atoms. The van der Waals surface area contributed by atoms with Crippen LogP contribution in [-0.2, 0) is 9.13 Å². The van der Waals surface area contributed by atoms with E-state index in [-0.39, 0.29) is 36.4 Å². The summed E-state index contributed by atoms with van der Waals surface area (Å²) in [6.45, 7) is 8.87. The fourth-order valence-corrected chi connectivity index (χ4v) is 10.8. The van der Waals surface area contributed by atoms with E-state index in [0.29, 0.717) is 43.7 Å². The third kappa shape index (κ3) is 7.18. The molecular weight excluding hydrogens is 557 g/mol. The molecule has 0 fully saturated rings. The summed E-state index contributed by atoms with van der Waals surface area (Å²) in [5.41, 5.74) is -0.0958. The number of nitrogens with one attached hydrogen (secondary N) is 5. The Labute approximate surface area is 235 Å². The van der Waals surface area contributed by atoms with Crippen LogP contribution in [0.2, 0.25) is 0 Å². The summed E-state index contributed by atoms with van der Waals surface area (Å²) < 4.78 is 48.5. The van der Waals surface area contributed by atoms with Gasteiger partial charge in [-0.3, -0.25) is 44.0 Å².